The van der Waals surface area contributed by atoms with E-state index in [1.165, 1.54) is 0 Å². The van der Waals surface area contributed by atoms with E-state index in [0.29, 0.717) is 12.4 Å². The largest absolute Gasteiger partial charge is 0.466 e. The minimum absolute atomic E-state index is 0.0209. The van der Waals surface area contributed by atoms with Crippen molar-refractivity contribution in [1.29, 1.82) is 0 Å². The number of amides is 1. The Morgan fingerprint density at radius 1 is 1.36 bits per heavy atom. The predicted octanol–water partition coefficient (Wildman–Crippen LogP) is 1.63. The third kappa shape index (κ3) is 4.43. The third-order valence-corrected chi connectivity index (χ3v) is 4.35. The third-order valence-electron chi connectivity index (χ3n) is 4.35. The number of nitrogens with one attached hydrogen (secondary N) is 1. The maximum Gasteiger partial charge on any atom is 0.217 e. The van der Waals surface area contributed by atoms with E-state index < -0.39 is 0 Å². The Kier molecular flexibility index (Phi) is 5.45. The predicted molar refractivity (Wildman–Crippen MR) is 91.8 cm³/mol. The maximum atomic E-state index is 11.6. The van der Waals surface area contributed by atoms with E-state index in [2.05, 4.69) is 20.2 Å². The van der Waals surface area contributed by atoms with Gasteiger partial charge in [-0.2, -0.15) is 0 Å². The molecule has 134 valence electrons. The minimum Gasteiger partial charge on any atom is -0.466 e. The van der Waals surface area contributed by atoms with E-state index in [0.717, 1.165) is 36.7 Å². The lowest BCUT2D eigenvalue weighted by molar-refractivity contribution is -0.119. The second-order valence-electron chi connectivity index (χ2n) is 6.50. The number of methoxy groups -OCH3 is 1. The van der Waals surface area contributed by atoms with Gasteiger partial charge in [0.05, 0.1) is 12.0 Å². The Bertz CT molecular complexity index is 713. The first-order valence-electron chi connectivity index (χ1n) is 8.39. The van der Waals surface area contributed by atoms with Gasteiger partial charge in [0.1, 0.15) is 18.1 Å². The first-order chi connectivity index (χ1) is 12.0. The minimum atomic E-state index is -0.0209. The highest BCUT2D eigenvalue weighted by Crippen LogP contribution is 2.30. The number of aryl methyl sites for hydroxylation is 1. The smallest absolute Gasteiger partial charge is 0.217 e. The molecule has 1 amide bonds. The molecule has 1 saturated heterocycles. The number of rotatable bonds is 6. The van der Waals surface area contributed by atoms with Crippen molar-refractivity contribution in [2.45, 2.75) is 39.0 Å². The summed E-state index contributed by atoms with van der Waals surface area (Å²) in [6, 6.07) is 4.00. The average Bonchev–Trinajstić information content (AvgIpc) is 3.15. The summed E-state index contributed by atoms with van der Waals surface area (Å²) in [6.45, 7) is 6.22. The number of nitrogens with zero attached hydrogens (tertiary/aromatic N) is 3. The fourth-order valence-electron chi connectivity index (χ4n) is 3.29. The molecule has 1 fully saturated rings. The van der Waals surface area contributed by atoms with Gasteiger partial charge in [-0.15, -0.1) is 0 Å². The highest BCUT2D eigenvalue weighted by Gasteiger charge is 2.36. The van der Waals surface area contributed by atoms with Crippen molar-refractivity contribution < 1.29 is 13.9 Å². The number of aromatic nitrogens is 2. The van der Waals surface area contributed by atoms with Crippen LogP contribution in [-0.2, 0) is 22.7 Å². The van der Waals surface area contributed by atoms with Crippen LogP contribution in [0.4, 0.5) is 0 Å². The molecular formula is C18H24N4O3. The van der Waals surface area contributed by atoms with Crippen LogP contribution < -0.4 is 5.32 Å². The van der Waals surface area contributed by atoms with Crippen molar-refractivity contribution in [3.63, 3.8) is 0 Å². The molecule has 3 heterocycles. The van der Waals surface area contributed by atoms with Gasteiger partial charge < -0.3 is 14.5 Å². The van der Waals surface area contributed by atoms with Crippen LogP contribution >= 0.6 is 0 Å². The Hall–Kier alpha value is -2.25. The zero-order valence-electron chi connectivity index (χ0n) is 14.9. The summed E-state index contributed by atoms with van der Waals surface area (Å²) in [5.74, 6) is 2.61. The van der Waals surface area contributed by atoms with Crippen LogP contribution in [0.2, 0.25) is 0 Å². The average molecular weight is 344 g/mol. The van der Waals surface area contributed by atoms with Crippen LogP contribution in [0.1, 0.15) is 35.7 Å². The molecule has 7 nitrogen and oxygen atoms in total. The molecule has 25 heavy (non-hydrogen) atoms. The second-order valence-corrected chi connectivity index (χ2v) is 6.50. The van der Waals surface area contributed by atoms with Gasteiger partial charge in [0.2, 0.25) is 5.91 Å². The molecular weight excluding hydrogens is 320 g/mol. The number of carbonyl (C=O) groups excluding carboxylic acids is 1. The molecule has 1 aliphatic heterocycles. The lowest BCUT2D eigenvalue weighted by Crippen LogP contribution is -2.38. The Balaban J connectivity index is 1.69. The van der Waals surface area contributed by atoms with E-state index in [1.54, 1.807) is 14.0 Å². The van der Waals surface area contributed by atoms with Crippen LogP contribution in [0, 0.1) is 6.92 Å². The van der Waals surface area contributed by atoms with Crippen molar-refractivity contribution in [2.75, 3.05) is 20.2 Å². The van der Waals surface area contributed by atoms with Crippen LogP contribution in [0.3, 0.4) is 0 Å². The van der Waals surface area contributed by atoms with Crippen LogP contribution in [-0.4, -0.2) is 47.0 Å². The standard InChI is InChI=1S/C18H24N4O3/c1-12-4-5-17(25-12)15-9-22(10-16(15)21-13(2)23)8-14-6-19-18(11-24-3)20-7-14/h4-7,15-16H,8-11H2,1-3H3,(H,21,23)/t15-,16-/m1/s1. The molecule has 3 rings (SSSR count). The lowest BCUT2D eigenvalue weighted by Gasteiger charge is -2.17. The van der Waals surface area contributed by atoms with Crippen LogP contribution in [0.25, 0.3) is 0 Å². The molecule has 1 aliphatic rings. The van der Waals surface area contributed by atoms with Crippen molar-refractivity contribution in [3.8, 4) is 0 Å². The molecule has 0 spiro atoms. The number of carbonyl (C=O) groups is 1. The quantitative estimate of drug-likeness (QED) is 0.858. The van der Waals surface area contributed by atoms with E-state index >= 15 is 0 Å². The summed E-state index contributed by atoms with van der Waals surface area (Å²) >= 11 is 0. The van der Waals surface area contributed by atoms with Crippen LogP contribution in [0.15, 0.2) is 28.9 Å². The number of furan rings is 1. The monoisotopic (exact) mass is 344 g/mol. The van der Waals surface area contributed by atoms with Gasteiger partial charge in [0.15, 0.2) is 5.82 Å². The summed E-state index contributed by atoms with van der Waals surface area (Å²) in [4.78, 5) is 22.5. The van der Waals surface area contributed by atoms with Crippen molar-refractivity contribution >= 4 is 5.91 Å². The van der Waals surface area contributed by atoms with Gasteiger partial charge in [-0.1, -0.05) is 0 Å². The summed E-state index contributed by atoms with van der Waals surface area (Å²) in [5.41, 5.74) is 1.04. The Labute approximate surface area is 147 Å². The lowest BCUT2D eigenvalue weighted by atomic mass is 10.0. The first kappa shape index (κ1) is 17.6. The van der Waals surface area contributed by atoms with Gasteiger partial charge in [0.25, 0.3) is 0 Å². The molecule has 2 aromatic heterocycles. The highest BCUT2D eigenvalue weighted by atomic mass is 16.5. The van der Waals surface area contributed by atoms with E-state index in [1.807, 2.05) is 31.5 Å². The van der Waals surface area contributed by atoms with E-state index in [9.17, 15) is 4.79 Å². The molecule has 2 aromatic rings. The van der Waals surface area contributed by atoms with Gasteiger partial charge in [0, 0.05) is 51.6 Å². The highest BCUT2D eigenvalue weighted by molar-refractivity contribution is 5.73. The summed E-state index contributed by atoms with van der Waals surface area (Å²) in [6.07, 6.45) is 3.66. The van der Waals surface area contributed by atoms with Gasteiger partial charge in [-0.05, 0) is 19.1 Å². The van der Waals surface area contributed by atoms with E-state index in [-0.39, 0.29) is 17.9 Å². The fraction of sp³-hybridized carbons (Fsp3) is 0.500. The number of hydrogen-bond donors (Lipinski definition) is 1. The molecule has 0 saturated carbocycles. The Morgan fingerprint density at radius 2 is 2.12 bits per heavy atom. The summed E-state index contributed by atoms with van der Waals surface area (Å²) in [7, 11) is 1.63. The molecule has 0 unspecified atom stereocenters. The van der Waals surface area contributed by atoms with Gasteiger partial charge >= 0.3 is 0 Å². The molecule has 7 heteroatoms. The second kappa shape index (κ2) is 7.76. The van der Waals surface area contributed by atoms with Gasteiger partial charge in [-0.3, -0.25) is 9.69 Å². The molecule has 2 atom stereocenters. The molecule has 0 aromatic carbocycles. The summed E-state index contributed by atoms with van der Waals surface area (Å²) < 4.78 is 10.8. The number of hydrogen-bond acceptors (Lipinski definition) is 6. The van der Waals surface area contributed by atoms with Crippen molar-refractivity contribution in [3.05, 3.63) is 47.4 Å². The molecule has 0 aliphatic carbocycles. The van der Waals surface area contributed by atoms with Crippen molar-refractivity contribution in [1.82, 2.24) is 20.2 Å². The van der Waals surface area contributed by atoms with Crippen LogP contribution in [0.5, 0.6) is 0 Å². The molecule has 0 bridgehead atoms. The molecule has 0 radical (unpaired) electrons. The number of ether oxygens (including phenoxy) is 1. The van der Waals surface area contributed by atoms with Gasteiger partial charge in [-0.25, -0.2) is 9.97 Å². The summed E-state index contributed by atoms with van der Waals surface area (Å²) in [5, 5.41) is 3.05. The number of likely N-dealkylation sites (tertiary alicyclic amines) is 1. The fourth-order valence-corrected chi connectivity index (χ4v) is 3.29. The maximum absolute atomic E-state index is 11.6. The van der Waals surface area contributed by atoms with E-state index in [4.69, 9.17) is 9.15 Å². The first-order valence-corrected chi connectivity index (χ1v) is 8.39. The topological polar surface area (TPSA) is 80.5 Å². The SMILES string of the molecule is COCc1ncc(CN2C[C@@H](NC(C)=O)[C@H](c3ccc(C)o3)C2)cn1. The molecule has 1 N–H and O–H groups in total. The zero-order valence-corrected chi connectivity index (χ0v) is 14.9. The Morgan fingerprint density at radius 3 is 2.72 bits per heavy atom. The van der Waals surface area contributed by atoms with Crippen molar-refractivity contribution in [2.24, 2.45) is 0 Å². The normalized spacial score (nSPS) is 20.8. The zero-order chi connectivity index (χ0) is 17.8.